The van der Waals surface area contributed by atoms with Crippen molar-refractivity contribution in [3.05, 3.63) is 23.8 Å². The Labute approximate surface area is 133 Å². The zero-order valence-corrected chi connectivity index (χ0v) is 13.8. The van der Waals surface area contributed by atoms with Crippen LogP contribution in [-0.2, 0) is 9.59 Å². The van der Waals surface area contributed by atoms with Crippen LogP contribution in [0.1, 0.15) is 58.8 Å². The maximum atomic E-state index is 12.6. The van der Waals surface area contributed by atoms with E-state index in [4.69, 9.17) is 0 Å². The third-order valence-electron chi connectivity index (χ3n) is 7.66. The standard InChI is InChI=1S/C20H26O2/c1-12-10-17-15-5-4-13-11-14(21)6-8-19(13,2)16(15)7-9-20(17,3)18(12)22/h11,15-17H,1,4-10H2,2-3H3/t15-,16-,17+,19+,20+/m1/s1. The largest absolute Gasteiger partial charge is 0.295 e. The molecule has 0 aromatic carbocycles. The second-order valence-electron chi connectivity index (χ2n) is 8.56. The second-order valence-corrected chi connectivity index (χ2v) is 8.56. The molecule has 0 saturated heterocycles. The van der Waals surface area contributed by atoms with Gasteiger partial charge >= 0.3 is 0 Å². The fourth-order valence-electron chi connectivity index (χ4n) is 6.30. The van der Waals surface area contributed by atoms with Gasteiger partial charge in [0.2, 0.25) is 0 Å². The van der Waals surface area contributed by atoms with Gasteiger partial charge in [-0.3, -0.25) is 9.59 Å². The Morgan fingerprint density at radius 1 is 1.05 bits per heavy atom. The van der Waals surface area contributed by atoms with Gasteiger partial charge in [-0.2, -0.15) is 0 Å². The molecule has 2 heteroatoms. The first-order valence-corrected chi connectivity index (χ1v) is 8.83. The fraction of sp³-hybridized carbons (Fsp3) is 0.700. The van der Waals surface area contributed by atoms with Gasteiger partial charge < -0.3 is 0 Å². The van der Waals surface area contributed by atoms with Crippen LogP contribution >= 0.6 is 0 Å². The molecule has 0 unspecified atom stereocenters. The van der Waals surface area contributed by atoms with E-state index in [1.807, 2.05) is 6.08 Å². The molecule has 3 saturated carbocycles. The summed E-state index contributed by atoms with van der Waals surface area (Å²) in [6.45, 7) is 8.62. The highest BCUT2D eigenvalue weighted by Gasteiger charge is 2.59. The summed E-state index contributed by atoms with van der Waals surface area (Å²) in [5.41, 5.74) is 2.31. The van der Waals surface area contributed by atoms with Crippen molar-refractivity contribution < 1.29 is 9.59 Å². The van der Waals surface area contributed by atoms with E-state index in [9.17, 15) is 9.59 Å². The SMILES string of the molecule is C=C1C[C@H]2[C@@H]3CCC4=CC(=O)CC[C@]4(C)[C@@H]3CC[C@]2(C)C1=O. The lowest BCUT2D eigenvalue weighted by Crippen LogP contribution is -2.50. The molecule has 0 radical (unpaired) electrons. The van der Waals surface area contributed by atoms with E-state index in [0.717, 1.165) is 44.1 Å². The normalized spacial score (nSPS) is 47.6. The molecule has 0 bridgehead atoms. The number of Topliss-reactive ketones (excluding diaryl/α,β-unsaturated/α-hetero) is 1. The molecule has 4 rings (SSSR count). The summed E-state index contributed by atoms with van der Waals surface area (Å²) in [5.74, 6) is 2.43. The quantitative estimate of drug-likeness (QED) is 0.626. The van der Waals surface area contributed by atoms with Gasteiger partial charge in [-0.15, -0.1) is 0 Å². The number of fused-ring (bicyclic) bond motifs is 5. The van der Waals surface area contributed by atoms with Gasteiger partial charge in [0.1, 0.15) is 0 Å². The Bertz CT molecular complexity index is 613. The number of ketones is 2. The van der Waals surface area contributed by atoms with Gasteiger partial charge in [-0.25, -0.2) is 0 Å². The van der Waals surface area contributed by atoms with E-state index >= 15 is 0 Å². The average Bonchev–Trinajstić information content (AvgIpc) is 2.72. The summed E-state index contributed by atoms with van der Waals surface area (Å²) in [6.07, 6.45) is 8.92. The van der Waals surface area contributed by atoms with E-state index < -0.39 is 0 Å². The lowest BCUT2D eigenvalue weighted by Gasteiger charge is -2.56. The molecule has 0 aromatic heterocycles. The van der Waals surface area contributed by atoms with Gasteiger partial charge in [-0.1, -0.05) is 26.0 Å². The van der Waals surface area contributed by atoms with E-state index in [2.05, 4.69) is 20.4 Å². The molecule has 0 N–H and O–H groups in total. The topological polar surface area (TPSA) is 34.1 Å². The Morgan fingerprint density at radius 2 is 1.82 bits per heavy atom. The summed E-state index contributed by atoms with van der Waals surface area (Å²) in [5, 5.41) is 0. The van der Waals surface area contributed by atoms with Crippen LogP contribution in [0, 0.1) is 28.6 Å². The van der Waals surface area contributed by atoms with Gasteiger partial charge in [-0.05, 0) is 73.3 Å². The highest BCUT2D eigenvalue weighted by molar-refractivity contribution is 6.02. The van der Waals surface area contributed by atoms with Crippen LogP contribution in [-0.4, -0.2) is 11.6 Å². The van der Waals surface area contributed by atoms with Crippen LogP contribution < -0.4 is 0 Å². The number of allylic oxidation sites excluding steroid dienone is 2. The molecule has 3 fully saturated rings. The summed E-state index contributed by atoms with van der Waals surface area (Å²) in [6, 6.07) is 0. The molecule has 0 aliphatic heterocycles. The lowest BCUT2D eigenvalue weighted by molar-refractivity contribution is -0.130. The monoisotopic (exact) mass is 298 g/mol. The smallest absolute Gasteiger partial charge is 0.164 e. The molecule has 118 valence electrons. The van der Waals surface area contributed by atoms with Crippen molar-refractivity contribution in [3.8, 4) is 0 Å². The highest BCUT2D eigenvalue weighted by Crippen LogP contribution is 2.64. The van der Waals surface area contributed by atoms with E-state index in [1.165, 1.54) is 5.57 Å². The van der Waals surface area contributed by atoms with E-state index in [0.29, 0.717) is 35.7 Å². The molecule has 22 heavy (non-hydrogen) atoms. The third kappa shape index (κ3) is 1.67. The van der Waals surface area contributed by atoms with Gasteiger partial charge in [0, 0.05) is 11.8 Å². The number of hydrogen-bond donors (Lipinski definition) is 0. The summed E-state index contributed by atoms with van der Waals surface area (Å²) < 4.78 is 0. The van der Waals surface area contributed by atoms with Crippen molar-refractivity contribution in [2.75, 3.05) is 0 Å². The second kappa shape index (κ2) is 4.43. The van der Waals surface area contributed by atoms with Crippen LogP contribution in [0.2, 0.25) is 0 Å². The first-order valence-electron chi connectivity index (χ1n) is 8.83. The minimum Gasteiger partial charge on any atom is -0.295 e. The minimum absolute atomic E-state index is 0.152. The van der Waals surface area contributed by atoms with Gasteiger partial charge in [0.25, 0.3) is 0 Å². The molecule has 4 aliphatic carbocycles. The fourth-order valence-corrected chi connectivity index (χ4v) is 6.30. The molecule has 0 amide bonds. The number of carbonyl (C=O) groups excluding carboxylic acids is 2. The summed E-state index contributed by atoms with van der Waals surface area (Å²) >= 11 is 0. The summed E-state index contributed by atoms with van der Waals surface area (Å²) in [4.78, 5) is 24.4. The molecule has 0 aromatic rings. The van der Waals surface area contributed by atoms with Crippen molar-refractivity contribution in [2.45, 2.75) is 58.8 Å². The number of carbonyl (C=O) groups is 2. The van der Waals surface area contributed by atoms with Crippen LogP contribution in [0.25, 0.3) is 0 Å². The Hall–Kier alpha value is -1.18. The molecular formula is C20H26O2. The van der Waals surface area contributed by atoms with Crippen LogP contribution in [0.15, 0.2) is 23.8 Å². The number of hydrogen-bond acceptors (Lipinski definition) is 2. The lowest BCUT2D eigenvalue weighted by atomic mass is 9.47. The first kappa shape index (κ1) is 14.4. The molecular weight excluding hydrogens is 272 g/mol. The number of rotatable bonds is 0. The first-order chi connectivity index (χ1) is 10.4. The minimum atomic E-state index is -0.152. The molecule has 0 spiro atoms. The Kier molecular flexibility index (Phi) is 2.90. The maximum absolute atomic E-state index is 12.6. The van der Waals surface area contributed by atoms with Crippen molar-refractivity contribution in [3.63, 3.8) is 0 Å². The van der Waals surface area contributed by atoms with Crippen molar-refractivity contribution in [1.82, 2.24) is 0 Å². The maximum Gasteiger partial charge on any atom is 0.164 e. The van der Waals surface area contributed by atoms with Crippen LogP contribution in [0.3, 0.4) is 0 Å². The van der Waals surface area contributed by atoms with Crippen LogP contribution in [0.5, 0.6) is 0 Å². The van der Waals surface area contributed by atoms with Gasteiger partial charge in [0.05, 0.1) is 0 Å². The molecule has 4 aliphatic rings. The summed E-state index contributed by atoms with van der Waals surface area (Å²) in [7, 11) is 0. The Morgan fingerprint density at radius 3 is 2.59 bits per heavy atom. The Balaban J connectivity index is 1.72. The third-order valence-corrected chi connectivity index (χ3v) is 7.66. The zero-order chi connectivity index (χ0) is 15.7. The van der Waals surface area contributed by atoms with E-state index in [1.54, 1.807) is 0 Å². The molecule has 0 heterocycles. The predicted molar refractivity (Wildman–Crippen MR) is 86.2 cm³/mol. The molecule has 2 nitrogen and oxygen atoms in total. The van der Waals surface area contributed by atoms with E-state index in [-0.39, 0.29) is 10.8 Å². The van der Waals surface area contributed by atoms with Crippen molar-refractivity contribution >= 4 is 11.6 Å². The molecule has 5 atom stereocenters. The zero-order valence-electron chi connectivity index (χ0n) is 13.8. The van der Waals surface area contributed by atoms with Crippen molar-refractivity contribution in [1.29, 1.82) is 0 Å². The van der Waals surface area contributed by atoms with Gasteiger partial charge in [0.15, 0.2) is 11.6 Å². The van der Waals surface area contributed by atoms with Crippen molar-refractivity contribution in [2.24, 2.45) is 28.6 Å². The van der Waals surface area contributed by atoms with Crippen LogP contribution in [0.4, 0.5) is 0 Å². The highest BCUT2D eigenvalue weighted by atomic mass is 16.1. The average molecular weight is 298 g/mol. The predicted octanol–water partition coefficient (Wildman–Crippen LogP) is 4.25.